The van der Waals surface area contributed by atoms with E-state index in [0.717, 1.165) is 11.4 Å². The molecule has 0 aliphatic carbocycles. The number of nitrogens with zero attached hydrogens (tertiary/aromatic N) is 2. The van der Waals surface area contributed by atoms with Crippen LogP contribution in [-0.4, -0.2) is 29.7 Å². The minimum atomic E-state index is -2.79. The Labute approximate surface area is 95.6 Å². The van der Waals surface area contributed by atoms with Crippen LogP contribution in [0.3, 0.4) is 0 Å². The molecule has 0 amide bonds. The zero-order chi connectivity index (χ0) is 11.8. The van der Waals surface area contributed by atoms with Crippen molar-refractivity contribution in [2.24, 2.45) is 12.8 Å². The van der Waals surface area contributed by atoms with Crippen LogP contribution in [0.15, 0.2) is 6.07 Å². The van der Waals surface area contributed by atoms with Crippen molar-refractivity contribution in [3.05, 3.63) is 17.5 Å². The van der Waals surface area contributed by atoms with Gasteiger partial charge in [0.15, 0.2) is 0 Å². The Balaban J connectivity index is 2.14. The molecule has 6 heteroatoms. The minimum absolute atomic E-state index is 0.273. The molecule has 2 heterocycles. The Morgan fingerprint density at radius 3 is 2.62 bits per heavy atom. The van der Waals surface area contributed by atoms with Crippen LogP contribution in [0, 0.1) is 0 Å². The van der Waals surface area contributed by atoms with Gasteiger partial charge in [-0.05, 0) is 18.9 Å². The maximum absolute atomic E-state index is 11.3. The highest BCUT2D eigenvalue weighted by molar-refractivity contribution is 7.91. The highest BCUT2D eigenvalue weighted by Gasteiger charge is 2.26. The molecule has 5 nitrogen and oxygen atoms in total. The largest absolute Gasteiger partial charge is 0.325 e. The Morgan fingerprint density at radius 2 is 2.12 bits per heavy atom. The van der Waals surface area contributed by atoms with Crippen LogP contribution in [0.25, 0.3) is 0 Å². The fourth-order valence-electron chi connectivity index (χ4n) is 2.11. The molecule has 1 aromatic heterocycles. The van der Waals surface area contributed by atoms with Crippen molar-refractivity contribution in [2.75, 3.05) is 11.5 Å². The van der Waals surface area contributed by atoms with E-state index in [1.165, 1.54) is 0 Å². The standard InChI is InChI=1S/C10H17N3O2S/c1-13-9(7-11)6-10(12-13)8-2-4-16(14,15)5-3-8/h6,8H,2-5,7,11H2,1H3. The zero-order valence-electron chi connectivity index (χ0n) is 9.39. The van der Waals surface area contributed by atoms with Gasteiger partial charge in [0.1, 0.15) is 9.84 Å². The van der Waals surface area contributed by atoms with Gasteiger partial charge in [-0.25, -0.2) is 8.42 Å². The first-order valence-corrected chi connectivity index (χ1v) is 7.27. The van der Waals surface area contributed by atoms with Crippen molar-refractivity contribution in [1.82, 2.24) is 9.78 Å². The second kappa shape index (κ2) is 4.18. The van der Waals surface area contributed by atoms with Gasteiger partial charge in [-0.2, -0.15) is 5.10 Å². The van der Waals surface area contributed by atoms with Crippen LogP contribution in [-0.2, 0) is 23.4 Å². The van der Waals surface area contributed by atoms with Gasteiger partial charge in [-0.3, -0.25) is 4.68 Å². The quantitative estimate of drug-likeness (QED) is 0.803. The van der Waals surface area contributed by atoms with Gasteiger partial charge < -0.3 is 5.73 Å². The summed E-state index contributed by atoms with van der Waals surface area (Å²) in [6.07, 6.45) is 1.37. The second-order valence-electron chi connectivity index (χ2n) is 4.31. The maximum Gasteiger partial charge on any atom is 0.150 e. The van der Waals surface area contributed by atoms with Crippen LogP contribution < -0.4 is 5.73 Å². The molecule has 0 spiro atoms. The molecule has 0 saturated carbocycles. The molecule has 90 valence electrons. The van der Waals surface area contributed by atoms with Crippen LogP contribution in [0.2, 0.25) is 0 Å². The Bertz CT molecular complexity index is 464. The van der Waals surface area contributed by atoms with Gasteiger partial charge in [-0.1, -0.05) is 0 Å². The lowest BCUT2D eigenvalue weighted by Gasteiger charge is -2.19. The van der Waals surface area contributed by atoms with Crippen LogP contribution in [0.4, 0.5) is 0 Å². The molecule has 0 radical (unpaired) electrons. The lowest BCUT2D eigenvalue weighted by atomic mass is 9.99. The molecule has 1 aromatic rings. The topological polar surface area (TPSA) is 78.0 Å². The third-order valence-electron chi connectivity index (χ3n) is 3.18. The summed E-state index contributed by atoms with van der Waals surface area (Å²) in [5, 5.41) is 4.39. The smallest absolute Gasteiger partial charge is 0.150 e. The van der Waals surface area contributed by atoms with Crippen LogP contribution in [0.1, 0.15) is 30.1 Å². The second-order valence-corrected chi connectivity index (χ2v) is 6.62. The van der Waals surface area contributed by atoms with Crippen LogP contribution >= 0.6 is 0 Å². The number of hydrogen-bond donors (Lipinski definition) is 1. The number of nitrogens with two attached hydrogens (primary N) is 1. The van der Waals surface area contributed by atoms with E-state index in [0.29, 0.717) is 19.4 Å². The lowest BCUT2D eigenvalue weighted by Crippen LogP contribution is -2.22. The van der Waals surface area contributed by atoms with Crippen molar-refractivity contribution in [3.63, 3.8) is 0 Å². The van der Waals surface area contributed by atoms with Gasteiger partial charge in [-0.15, -0.1) is 0 Å². The molecule has 0 atom stereocenters. The lowest BCUT2D eigenvalue weighted by molar-refractivity contribution is 0.539. The summed E-state index contributed by atoms with van der Waals surface area (Å²) in [6.45, 7) is 0.467. The van der Waals surface area contributed by atoms with Crippen molar-refractivity contribution >= 4 is 9.84 Å². The molecule has 0 bridgehead atoms. The Kier molecular flexibility index (Phi) is 3.03. The molecular formula is C10H17N3O2S. The summed E-state index contributed by atoms with van der Waals surface area (Å²) in [7, 11) is -0.925. The SMILES string of the molecule is Cn1nc(C2CCS(=O)(=O)CC2)cc1CN. The van der Waals surface area contributed by atoms with Gasteiger partial charge in [0.2, 0.25) is 0 Å². The monoisotopic (exact) mass is 243 g/mol. The van der Waals surface area contributed by atoms with Gasteiger partial charge in [0.05, 0.1) is 22.9 Å². The average molecular weight is 243 g/mol. The van der Waals surface area contributed by atoms with Crippen molar-refractivity contribution in [2.45, 2.75) is 25.3 Å². The van der Waals surface area contributed by atoms with E-state index >= 15 is 0 Å². The summed E-state index contributed by atoms with van der Waals surface area (Å²) in [4.78, 5) is 0. The number of hydrogen-bond acceptors (Lipinski definition) is 4. The van der Waals surface area contributed by atoms with Gasteiger partial charge >= 0.3 is 0 Å². The van der Waals surface area contributed by atoms with Crippen molar-refractivity contribution in [1.29, 1.82) is 0 Å². The molecule has 1 fully saturated rings. The summed E-state index contributed by atoms with van der Waals surface area (Å²) >= 11 is 0. The molecule has 2 rings (SSSR count). The molecular weight excluding hydrogens is 226 g/mol. The molecule has 1 aliphatic rings. The predicted molar refractivity (Wildman–Crippen MR) is 61.7 cm³/mol. The predicted octanol–water partition coefficient (Wildman–Crippen LogP) is 0.171. The number of sulfone groups is 1. The summed E-state index contributed by atoms with van der Waals surface area (Å²) in [5.74, 6) is 0.841. The van der Waals surface area contributed by atoms with E-state index < -0.39 is 9.84 Å². The number of rotatable bonds is 2. The van der Waals surface area contributed by atoms with Crippen molar-refractivity contribution in [3.8, 4) is 0 Å². The molecule has 1 aliphatic heterocycles. The molecule has 1 saturated heterocycles. The van der Waals surface area contributed by atoms with Gasteiger partial charge in [0, 0.05) is 19.5 Å². The summed E-state index contributed by atoms with van der Waals surface area (Å²) < 4.78 is 24.4. The highest BCUT2D eigenvalue weighted by atomic mass is 32.2. The molecule has 2 N–H and O–H groups in total. The summed E-state index contributed by atoms with van der Waals surface area (Å²) in [6, 6.07) is 1.99. The minimum Gasteiger partial charge on any atom is -0.325 e. The average Bonchev–Trinajstić information content (AvgIpc) is 2.59. The van der Waals surface area contributed by atoms with E-state index in [4.69, 9.17) is 5.73 Å². The number of aryl methyl sites for hydroxylation is 1. The molecule has 0 unspecified atom stereocenters. The number of aromatic nitrogens is 2. The van der Waals surface area contributed by atoms with Gasteiger partial charge in [0.25, 0.3) is 0 Å². The summed E-state index contributed by atoms with van der Waals surface area (Å²) in [5.41, 5.74) is 7.55. The third kappa shape index (κ3) is 2.27. The third-order valence-corrected chi connectivity index (χ3v) is 4.89. The van der Waals surface area contributed by atoms with E-state index in [-0.39, 0.29) is 17.4 Å². The van der Waals surface area contributed by atoms with Crippen LogP contribution in [0.5, 0.6) is 0 Å². The first-order chi connectivity index (χ1) is 7.52. The van der Waals surface area contributed by atoms with E-state index in [1.807, 2.05) is 13.1 Å². The van der Waals surface area contributed by atoms with E-state index in [1.54, 1.807) is 4.68 Å². The fraction of sp³-hybridized carbons (Fsp3) is 0.700. The van der Waals surface area contributed by atoms with E-state index in [9.17, 15) is 8.42 Å². The van der Waals surface area contributed by atoms with E-state index in [2.05, 4.69) is 5.10 Å². The first kappa shape index (κ1) is 11.6. The molecule has 16 heavy (non-hydrogen) atoms. The first-order valence-electron chi connectivity index (χ1n) is 5.45. The highest BCUT2D eigenvalue weighted by Crippen LogP contribution is 2.28. The maximum atomic E-state index is 11.3. The normalized spacial score (nSPS) is 21.1. The molecule has 0 aromatic carbocycles. The van der Waals surface area contributed by atoms with Crippen molar-refractivity contribution < 1.29 is 8.42 Å². The Hall–Kier alpha value is -0.880. The Morgan fingerprint density at radius 1 is 1.50 bits per heavy atom. The fourth-order valence-corrected chi connectivity index (χ4v) is 3.60. The zero-order valence-corrected chi connectivity index (χ0v) is 10.2.